The smallest absolute Gasteiger partial charge is 0.261 e. The highest BCUT2D eigenvalue weighted by atomic mass is 79.9. The van der Waals surface area contributed by atoms with Gasteiger partial charge in [-0.1, -0.05) is 57.9 Å². The molecule has 1 saturated heterocycles. The zero-order chi connectivity index (χ0) is 24.2. The van der Waals surface area contributed by atoms with Crippen LogP contribution in [0.15, 0.2) is 82.4 Å². The lowest BCUT2D eigenvalue weighted by Gasteiger charge is -2.53. The number of hydrazone groups is 1. The summed E-state index contributed by atoms with van der Waals surface area (Å²) in [5.41, 5.74) is 4.62. The summed E-state index contributed by atoms with van der Waals surface area (Å²) in [4.78, 5) is 19.2. The van der Waals surface area contributed by atoms with E-state index in [2.05, 4.69) is 74.3 Å². The first-order chi connectivity index (χ1) is 17.0. The predicted octanol–water partition coefficient (Wildman–Crippen LogP) is 5.76. The largest absolute Gasteiger partial charge is 0.364 e. The number of hydrogen-bond acceptors (Lipinski definition) is 4. The first-order valence-corrected chi connectivity index (χ1v) is 13.1. The third-order valence-electron chi connectivity index (χ3n) is 7.64. The first kappa shape index (κ1) is 22.8. The quantitative estimate of drug-likeness (QED) is 0.417. The van der Waals surface area contributed by atoms with Gasteiger partial charge in [-0.3, -0.25) is 9.69 Å². The Morgan fingerprint density at radius 1 is 1.06 bits per heavy atom. The Morgan fingerprint density at radius 3 is 2.60 bits per heavy atom. The van der Waals surface area contributed by atoms with E-state index < -0.39 is 5.41 Å². The van der Waals surface area contributed by atoms with Crippen molar-refractivity contribution in [1.82, 2.24) is 4.90 Å². The van der Waals surface area contributed by atoms with Crippen molar-refractivity contribution in [2.24, 2.45) is 10.5 Å². The van der Waals surface area contributed by atoms with E-state index in [-0.39, 0.29) is 11.9 Å². The van der Waals surface area contributed by atoms with Crippen LogP contribution in [0, 0.1) is 5.41 Å². The second-order valence-corrected chi connectivity index (χ2v) is 11.0. The van der Waals surface area contributed by atoms with E-state index in [0.717, 1.165) is 42.1 Å². The van der Waals surface area contributed by atoms with Gasteiger partial charge in [0.15, 0.2) is 0 Å². The normalized spacial score (nSPS) is 23.9. The van der Waals surface area contributed by atoms with Crippen LogP contribution in [0.3, 0.4) is 0 Å². The molecule has 5 nitrogen and oxygen atoms in total. The summed E-state index contributed by atoms with van der Waals surface area (Å²) in [6, 6.07) is 24.4. The van der Waals surface area contributed by atoms with Crippen LogP contribution >= 0.6 is 27.5 Å². The van der Waals surface area contributed by atoms with Crippen LogP contribution in [0.4, 0.5) is 11.4 Å². The number of nitrogens with zero attached hydrogens (tertiary/aromatic N) is 4. The molecular formula is C28H26BrClN4O. The van der Waals surface area contributed by atoms with Gasteiger partial charge in [-0.25, -0.2) is 0 Å². The third kappa shape index (κ3) is 3.79. The van der Waals surface area contributed by atoms with Gasteiger partial charge in [0.05, 0.1) is 17.4 Å². The minimum atomic E-state index is -0.719. The zero-order valence-corrected chi connectivity index (χ0v) is 21.8. The molecule has 0 saturated carbocycles. The number of carbonyl (C=O) groups is 1. The number of benzene rings is 3. The lowest BCUT2D eigenvalue weighted by Crippen LogP contribution is -2.66. The van der Waals surface area contributed by atoms with Crippen molar-refractivity contribution < 1.29 is 4.79 Å². The third-order valence-corrected chi connectivity index (χ3v) is 8.39. The van der Waals surface area contributed by atoms with Crippen LogP contribution < -0.4 is 9.91 Å². The maximum atomic E-state index is 14.3. The van der Waals surface area contributed by atoms with Gasteiger partial charge < -0.3 is 4.90 Å². The highest BCUT2D eigenvalue weighted by molar-refractivity contribution is 9.10. The Balaban J connectivity index is 1.41. The van der Waals surface area contributed by atoms with Crippen LogP contribution in [0.25, 0.3) is 0 Å². The van der Waals surface area contributed by atoms with Crippen LogP contribution in [0.2, 0.25) is 5.02 Å². The Bertz CT molecular complexity index is 1310. The van der Waals surface area contributed by atoms with Gasteiger partial charge in [-0.2, -0.15) is 10.1 Å². The van der Waals surface area contributed by atoms with Crippen molar-refractivity contribution in [2.75, 3.05) is 29.5 Å². The Morgan fingerprint density at radius 2 is 1.83 bits per heavy atom. The van der Waals surface area contributed by atoms with Crippen LogP contribution in [-0.4, -0.2) is 42.2 Å². The summed E-state index contributed by atoms with van der Waals surface area (Å²) in [5, 5.41) is 7.07. The summed E-state index contributed by atoms with van der Waals surface area (Å²) in [5.74, 6) is 0.0412. The fourth-order valence-corrected chi connectivity index (χ4v) is 6.44. The van der Waals surface area contributed by atoms with E-state index in [4.69, 9.17) is 16.7 Å². The maximum Gasteiger partial charge on any atom is 0.261 e. The highest BCUT2D eigenvalue weighted by Gasteiger charge is 2.59. The van der Waals surface area contributed by atoms with E-state index in [1.807, 2.05) is 31.2 Å². The molecule has 0 radical (unpaired) electrons. The average molecular weight is 550 g/mol. The van der Waals surface area contributed by atoms with Crippen molar-refractivity contribution in [3.8, 4) is 0 Å². The van der Waals surface area contributed by atoms with Crippen molar-refractivity contribution in [3.05, 3.63) is 93.4 Å². The molecule has 1 spiro atoms. The number of piperazine rings is 1. The SMILES string of the molecule is CC1=NN(c2ccc(Cl)cc2)C(=O)C12Cc1cc(Br)ccc1N1CCN(Cc3ccccc3)CC12. The molecule has 2 atom stereocenters. The average Bonchev–Trinajstić information content (AvgIpc) is 3.10. The Kier molecular flexibility index (Phi) is 5.71. The molecule has 3 aliphatic rings. The van der Waals surface area contributed by atoms with E-state index in [1.54, 1.807) is 5.01 Å². The molecule has 3 aromatic carbocycles. The first-order valence-electron chi connectivity index (χ1n) is 11.9. The van der Waals surface area contributed by atoms with Crippen molar-refractivity contribution >= 4 is 50.5 Å². The summed E-state index contributed by atoms with van der Waals surface area (Å²) in [6.07, 6.45) is 0.639. The number of hydrogen-bond donors (Lipinski definition) is 0. The molecule has 3 aliphatic heterocycles. The second kappa shape index (κ2) is 8.77. The number of rotatable bonds is 3. The van der Waals surface area contributed by atoms with Gasteiger partial charge in [0.2, 0.25) is 0 Å². The molecule has 1 amide bonds. The van der Waals surface area contributed by atoms with Gasteiger partial charge in [-0.15, -0.1) is 0 Å². The molecule has 7 heteroatoms. The molecule has 2 unspecified atom stereocenters. The molecule has 178 valence electrons. The molecule has 0 bridgehead atoms. The van der Waals surface area contributed by atoms with E-state index in [9.17, 15) is 4.79 Å². The minimum Gasteiger partial charge on any atom is -0.364 e. The molecule has 3 aromatic rings. The lowest BCUT2D eigenvalue weighted by molar-refractivity contribution is -0.125. The maximum absolute atomic E-state index is 14.3. The number of amides is 1. The Hall–Kier alpha value is -2.67. The monoisotopic (exact) mass is 548 g/mol. The van der Waals surface area contributed by atoms with Crippen LogP contribution in [-0.2, 0) is 17.8 Å². The summed E-state index contributed by atoms with van der Waals surface area (Å²) in [6.45, 7) is 5.51. The van der Waals surface area contributed by atoms with Gasteiger partial charge in [0.1, 0.15) is 5.41 Å². The van der Waals surface area contributed by atoms with E-state index >= 15 is 0 Å². The number of halogens is 2. The lowest BCUT2D eigenvalue weighted by atomic mass is 9.67. The van der Waals surface area contributed by atoms with E-state index in [0.29, 0.717) is 11.4 Å². The van der Waals surface area contributed by atoms with Crippen LogP contribution in [0.5, 0.6) is 0 Å². The number of carbonyl (C=O) groups excluding carboxylic acids is 1. The van der Waals surface area contributed by atoms with Crippen molar-refractivity contribution in [1.29, 1.82) is 0 Å². The minimum absolute atomic E-state index is 0.00203. The zero-order valence-electron chi connectivity index (χ0n) is 19.5. The molecule has 35 heavy (non-hydrogen) atoms. The number of fused-ring (bicyclic) bond motifs is 4. The second-order valence-electron chi connectivity index (χ2n) is 9.63. The van der Waals surface area contributed by atoms with E-state index in [1.165, 1.54) is 16.8 Å². The molecular weight excluding hydrogens is 524 g/mol. The van der Waals surface area contributed by atoms with Crippen molar-refractivity contribution in [2.45, 2.75) is 25.9 Å². The molecule has 0 aromatic heterocycles. The summed E-state index contributed by atoms with van der Waals surface area (Å²) >= 11 is 9.76. The molecule has 1 fully saturated rings. The topological polar surface area (TPSA) is 39.2 Å². The predicted molar refractivity (Wildman–Crippen MR) is 145 cm³/mol. The summed E-state index contributed by atoms with van der Waals surface area (Å²) < 4.78 is 1.03. The molecule has 3 heterocycles. The van der Waals surface area contributed by atoms with Gasteiger partial charge in [0.25, 0.3) is 5.91 Å². The summed E-state index contributed by atoms with van der Waals surface area (Å²) in [7, 11) is 0. The van der Waals surface area contributed by atoms with Gasteiger partial charge in [0, 0.05) is 41.4 Å². The fourth-order valence-electron chi connectivity index (χ4n) is 5.90. The van der Waals surface area contributed by atoms with Crippen LogP contribution in [0.1, 0.15) is 18.1 Å². The number of anilines is 2. The van der Waals surface area contributed by atoms with Crippen molar-refractivity contribution in [3.63, 3.8) is 0 Å². The van der Waals surface area contributed by atoms with Gasteiger partial charge >= 0.3 is 0 Å². The Labute approximate surface area is 219 Å². The van der Waals surface area contributed by atoms with Gasteiger partial charge in [-0.05, 0) is 66.9 Å². The standard InChI is InChI=1S/C28H26BrClN4O/c1-19-28(27(35)34(31-19)24-10-8-23(30)9-11-24)16-21-15-22(29)7-12-25(21)33-14-13-32(18-26(28)33)17-20-5-3-2-4-6-20/h2-12,15,26H,13-14,16-18H2,1H3. The molecule has 6 rings (SSSR count). The fraction of sp³-hybridized carbons (Fsp3) is 0.286. The molecule has 0 aliphatic carbocycles. The highest BCUT2D eigenvalue weighted by Crippen LogP contribution is 2.48. The molecule has 0 N–H and O–H groups in total.